The molecule has 0 spiro atoms. The number of benzene rings is 2. The maximum atomic E-state index is 12.3. The van der Waals surface area contributed by atoms with Gasteiger partial charge >= 0.3 is 11.8 Å². The van der Waals surface area contributed by atoms with Gasteiger partial charge in [-0.15, -0.1) is 0 Å². The lowest BCUT2D eigenvalue weighted by Gasteiger charge is -2.13. The van der Waals surface area contributed by atoms with Gasteiger partial charge in [-0.05, 0) is 67.4 Å². The van der Waals surface area contributed by atoms with Crippen LogP contribution in [0.15, 0.2) is 64.3 Å². The molecule has 3 N–H and O–H groups in total. The molecule has 36 heavy (non-hydrogen) atoms. The number of hydrogen-bond acceptors (Lipinski definition) is 7. The highest BCUT2D eigenvalue weighted by molar-refractivity contribution is 6.35. The van der Waals surface area contributed by atoms with E-state index in [9.17, 15) is 14.4 Å². The van der Waals surface area contributed by atoms with Gasteiger partial charge in [0.25, 0.3) is 5.91 Å². The minimum Gasteiger partial charge on any atom is -0.490 e. The SMILES string of the molecule is CCOc1cc(/C=N\NC(=O)C(=O)NCc2ccco2)ccc1OCC(=O)Nc1cc(Cl)ccc1C. The zero-order valence-corrected chi connectivity index (χ0v) is 20.4. The fourth-order valence-corrected chi connectivity index (χ4v) is 3.10. The van der Waals surface area contributed by atoms with E-state index in [4.69, 9.17) is 25.5 Å². The standard InChI is InChI=1S/C25H25ClN4O6/c1-3-34-22-11-17(13-28-30-25(33)24(32)27-14-19-5-4-10-35-19)7-9-21(22)36-15-23(31)29-20-12-18(26)8-6-16(20)2/h4-13H,3,14-15H2,1-2H3,(H,27,32)(H,29,31)(H,30,33)/b28-13-. The van der Waals surface area contributed by atoms with Crippen LogP contribution >= 0.6 is 11.6 Å². The highest BCUT2D eigenvalue weighted by Crippen LogP contribution is 2.28. The fourth-order valence-electron chi connectivity index (χ4n) is 2.93. The first-order chi connectivity index (χ1) is 17.4. The summed E-state index contributed by atoms with van der Waals surface area (Å²) in [6.45, 7) is 3.86. The van der Waals surface area contributed by atoms with Crippen LogP contribution in [0.3, 0.4) is 0 Å². The van der Waals surface area contributed by atoms with Crippen molar-refractivity contribution in [3.8, 4) is 11.5 Å². The van der Waals surface area contributed by atoms with Gasteiger partial charge in [-0.25, -0.2) is 5.43 Å². The zero-order valence-electron chi connectivity index (χ0n) is 19.7. The summed E-state index contributed by atoms with van der Waals surface area (Å²) >= 11 is 5.99. The van der Waals surface area contributed by atoms with Gasteiger partial charge in [0, 0.05) is 10.7 Å². The number of anilines is 1. The molecular formula is C25H25ClN4O6. The van der Waals surface area contributed by atoms with Crippen molar-refractivity contribution < 1.29 is 28.3 Å². The van der Waals surface area contributed by atoms with Crippen LogP contribution in [0.4, 0.5) is 5.69 Å². The van der Waals surface area contributed by atoms with Crippen LogP contribution in [0.2, 0.25) is 5.02 Å². The summed E-state index contributed by atoms with van der Waals surface area (Å²) in [5.41, 5.74) is 4.19. The molecule has 0 aliphatic heterocycles. The Balaban J connectivity index is 1.54. The van der Waals surface area contributed by atoms with Crippen LogP contribution in [0, 0.1) is 6.92 Å². The first-order valence-electron chi connectivity index (χ1n) is 10.9. The van der Waals surface area contributed by atoms with Crippen LogP contribution in [0.5, 0.6) is 11.5 Å². The molecule has 2 aromatic carbocycles. The van der Waals surface area contributed by atoms with Crippen molar-refractivity contribution in [1.29, 1.82) is 0 Å². The second-order valence-electron chi connectivity index (χ2n) is 7.40. The average Bonchev–Trinajstić information content (AvgIpc) is 3.38. The van der Waals surface area contributed by atoms with E-state index < -0.39 is 11.8 Å². The summed E-state index contributed by atoms with van der Waals surface area (Å²) in [4.78, 5) is 36.0. The predicted octanol–water partition coefficient (Wildman–Crippen LogP) is 3.42. The molecule has 11 heteroatoms. The number of amides is 3. The molecule has 0 saturated carbocycles. The minimum atomic E-state index is -0.927. The fraction of sp³-hybridized carbons (Fsp3) is 0.200. The Morgan fingerprint density at radius 3 is 2.64 bits per heavy atom. The summed E-state index contributed by atoms with van der Waals surface area (Å²) in [5.74, 6) is -0.884. The van der Waals surface area contributed by atoms with Crippen LogP contribution in [-0.2, 0) is 20.9 Å². The molecule has 3 aromatic rings. The second kappa shape index (κ2) is 13.0. The van der Waals surface area contributed by atoms with Crippen LogP contribution < -0.4 is 25.5 Å². The molecule has 1 heterocycles. The molecule has 1 aromatic heterocycles. The van der Waals surface area contributed by atoms with Crippen LogP contribution in [-0.4, -0.2) is 37.1 Å². The molecule has 0 saturated heterocycles. The summed E-state index contributed by atoms with van der Waals surface area (Å²) in [6, 6.07) is 13.5. The third-order valence-electron chi connectivity index (χ3n) is 4.69. The van der Waals surface area contributed by atoms with Gasteiger partial charge < -0.3 is 24.5 Å². The van der Waals surface area contributed by atoms with Gasteiger partial charge in [0.1, 0.15) is 5.76 Å². The third kappa shape index (κ3) is 7.88. The second-order valence-corrected chi connectivity index (χ2v) is 7.83. The smallest absolute Gasteiger partial charge is 0.329 e. The number of hydrazone groups is 1. The molecule has 3 amide bonds. The molecule has 0 bridgehead atoms. The molecule has 3 rings (SSSR count). The van der Waals surface area contributed by atoms with Crippen molar-refractivity contribution in [2.45, 2.75) is 20.4 Å². The van der Waals surface area contributed by atoms with E-state index >= 15 is 0 Å². The molecule has 0 aliphatic carbocycles. The van der Waals surface area contributed by atoms with E-state index in [0.29, 0.717) is 40.1 Å². The summed E-state index contributed by atoms with van der Waals surface area (Å²) in [7, 11) is 0. The van der Waals surface area contributed by atoms with E-state index in [1.807, 2.05) is 13.0 Å². The number of hydrogen-bond donors (Lipinski definition) is 3. The summed E-state index contributed by atoms with van der Waals surface area (Å²) < 4.78 is 16.3. The van der Waals surface area contributed by atoms with E-state index in [-0.39, 0.29) is 19.1 Å². The monoisotopic (exact) mass is 512 g/mol. The van der Waals surface area contributed by atoms with Crippen molar-refractivity contribution in [3.63, 3.8) is 0 Å². The number of nitrogens with one attached hydrogen (secondary N) is 3. The van der Waals surface area contributed by atoms with Gasteiger partial charge in [0.15, 0.2) is 18.1 Å². The number of nitrogens with zero attached hydrogens (tertiary/aromatic N) is 1. The quantitative estimate of drug-likeness (QED) is 0.217. The lowest BCUT2D eigenvalue weighted by Crippen LogP contribution is -2.37. The van der Waals surface area contributed by atoms with E-state index in [1.54, 1.807) is 49.4 Å². The lowest BCUT2D eigenvalue weighted by molar-refractivity contribution is -0.139. The van der Waals surface area contributed by atoms with Crippen molar-refractivity contribution in [3.05, 3.63) is 76.7 Å². The molecule has 0 unspecified atom stereocenters. The van der Waals surface area contributed by atoms with Crippen LogP contribution in [0.1, 0.15) is 23.8 Å². The van der Waals surface area contributed by atoms with Crippen LogP contribution in [0.25, 0.3) is 0 Å². The zero-order chi connectivity index (χ0) is 25.9. The molecule has 0 radical (unpaired) electrons. The van der Waals surface area contributed by atoms with Gasteiger partial charge in [0.05, 0.1) is 25.6 Å². The third-order valence-corrected chi connectivity index (χ3v) is 4.92. The first-order valence-corrected chi connectivity index (χ1v) is 11.3. The number of carbonyl (C=O) groups is 3. The molecular weight excluding hydrogens is 488 g/mol. The van der Waals surface area contributed by atoms with Gasteiger partial charge in [-0.3, -0.25) is 14.4 Å². The normalized spacial score (nSPS) is 10.6. The van der Waals surface area contributed by atoms with Crippen molar-refractivity contribution in [2.24, 2.45) is 5.10 Å². The Morgan fingerprint density at radius 2 is 1.89 bits per heavy atom. The predicted molar refractivity (Wildman–Crippen MR) is 134 cm³/mol. The topological polar surface area (TPSA) is 131 Å². The molecule has 0 fully saturated rings. The largest absolute Gasteiger partial charge is 0.490 e. The Bertz CT molecular complexity index is 1240. The lowest BCUT2D eigenvalue weighted by atomic mass is 10.2. The molecule has 0 aliphatic rings. The maximum absolute atomic E-state index is 12.3. The highest BCUT2D eigenvalue weighted by Gasteiger charge is 2.13. The summed E-state index contributed by atoms with van der Waals surface area (Å²) in [5, 5.41) is 9.48. The number of rotatable bonds is 10. The van der Waals surface area contributed by atoms with Crippen molar-refractivity contribution in [2.75, 3.05) is 18.5 Å². The molecule has 188 valence electrons. The Kier molecular flexibility index (Phi) is 9.47. The number of aryl methyl sites for hydroxylation is 1. The summed E-state index contributed by atoms with van der Waals surface area (Å²) in [6.07, 6.45) is 2.81. The minimum absolute atomic E-state index is 0.0822. The maximum Gasteiger partial charge on any atom is 0.329 e. The Hall–Kier alpha value is -4.31. The molecule has 0 atom stereocenters. The van der Waals surface area contributed by atoms with Gasteiger partial charge in [0.2, 0.25) is 0 Å². The van der Waals surface area contributed by atoms with E-state index in [0.717, 1.165) is 5.56 Å². The van der Waals surface area contributed by atoms with Crippen molar-refractivity contribution in [1.82, 2.24) is 10.7 Å². The van der Waals surface area contributed by atoms with E-state index in [2.05, 4.69) is 21.2 Å². The number of carbonyl (C=O) groups excluding carboxylic acids is 3. The number of furan rings is 1. The Labute approximate surface area is 212 Å². The first kappa shape index (κ1) is 26.3. The average molecular weight is 513 g/mol. The van der Waals surface area contributed by atoms with Gasteiger partial charge in [-0.2, -0.15) is 5.10 Å². The number of ether oxygens (including phenoxy) is 2. The molecule has 10 nitrogen and oxygen atoms in total. The van der Waals surface area contributed by atoms with Gasteiger partial charge in [-0.1, -0.05) is 17.7 Å². The highest BCUT2D eigenvalue weighted by atomic mass is 35.5. The number of halogens is 1. The van der Waals surface area contributed by atoms with Crippen molar-refractivity contribution >= 4 is 41.2 Å². The Morgan fingerprint density at radius 1 is 1.06 bits per heavy atom. The van der Waals surface area contributed by atoms with E-state index in [1.165, 1.54) is 12.5 Å².